The molecule has 2 heterocycles. The van der Waals surface area contributed by atoms with Gasteiger partial charge in [-0.25, -0.2) is 0 Å². The third kappa shape index (κ3) is 10.7. The summed E-state index contributed by atoms with van der Waals surface area (Å²) in [6, 6.07) is 34.3. The van der Waals surface area contributed by atoms with Gasteiger partial charge < -0.3 is 10.1 Å². The first kappa shape index (κ1) is 33.1. The Morgan fingerprint density at radius 2 is 1.49 bits per heavy atom. The van der Waals surface area contributed by atoms with Crippen LogP contribution < -0.4 is 0 Å². The number of hydrogen-bond donors (Lipinski definition) is 1. The zero-order chi connectivity index (χ0) is 29.1. The first-order valence-electron chi connectivity index (χ1n) is 12.3. The molecule has 0 saturated carbocycles. The van der Waals surface area contributed by atoms with E-state index >= 15 is 0 Å². The first-order valence-corrected chi connectivity index (χ1v) is 12.3. The van der Waals surface area contributed by atoms with Gasteiger partial charge in [-0.05, 0) is 55.2 Å². The number of halogens is 3. The zero-order valence-electron chi connectivity index (χ0n) is 22.5. The van der Waals surface area contributed by atoms with Crippen LogP contribution in [0.3, 0.4) is 0 Å². The van der Waals surface area contributed by atoms with Gasteiger partial charge in [-0.1, -0.05) is 42.5 Å². The molecule has 0 saturated heterocycles. The van der Waals surface area contributed by atoms with Crippen molar-refractivity contribution in [1.29, 1.82) is 0 Å². The quantitative estimate of drug-likeness (QED) is 0.115. The predicted octanol–water partition coefficient (Wildman–Crippen LogP) is 8.61. The number of aliphatic hydroxyl groups excluding tert-OH is 1. The number of ketones is 1. The van der Waals surface area contributed by atoms with E-state index in [2.05, 4.69) is 22.1 Å². The van der Waals surface area contributed by atoms with E-state index in [4.69, 9.17) is 5.11 Å². The Bertz CT molecular complexity index is 1580. The van der Waals surface area contributed by atoms with Gasteiger partial charge in [0.05, 0.1) is 11.3 Å². The molecule has 41 heavy (non-hydrogen) atoms. The largest absolute Gasteiger partial charge is 0.512 e. The summed E-state index contributed by atoms with van der Waals surface area (Å²) >= 11 is 0. The fraction of sp³-hybridized carbons (Fsp3) is 0.121. The van der Waals surface area contributed by atoms with Crippen LogP contribution in [0.5, 0.6) is 0 Å². The minimum absolute atomic E-state index is 0. The van der Waals surface area contributed by atoms with Gasteiger partial charge in [-0.3, -0.25) is 9.78 Å². The summed E-state index contributed by atoms with van der Waals surface area (Å²) in [6.07, 6.45) is -3.17. The van der Waals surface area contributed by atoms with Gasteiger partial charge in [0.25, 0.3) is 0 Å². The minimum Gasteiger partial charge on any atom is -0.512 e. The Labute approximate surface area is 251 Å². The van der Waals surface area contributed by atoms with Crippen LogP contribution in [-0.2, 0) is 31.1 Å². The zero-order valence-corrected chi connectivity index (χ0v) is 24.9. The van der Waals surface area contributed by atoms with Gasteiger partial charge in [0.1, 0.15) is 0 Å². The topological polar surface area (TPSA) is 63.1 Å². The summed E-state index contributed by atoms with van der Waals surface area (Å²) in [4.78, 5) is 18.9. The maximum absolute atomic E-state index is 12.5. The van der Waals surface area contributed by atoms with Crippen molar-refractivity contribution in [2.45, 2.75) is 26.9 Å². The number of hydrogen-bond acceptors (Lipinski definition) is 4. The predicted molar refractivity (Wildman–Crippen MR) is 151 cm³/mol. The summed E-state index contributed by atoms with van der Waals surface area (Å²) in [5.41, 5.74) is 4.32. The van der Waals surface area contributed by atoms with E-state index in [0.29, 0.717) is 11.3 Å². The minimum atomic E-state index is -4.34. The normalized spacial score (nSPS) is 10.8. The molecule has 0 aliphatic heterocycles. The monoisotopic (exact) mass is 733 g/mol. The second-order valence-electron chi connectivity index (χ2n) is 8.71. The van der Waals surface area contributed by atoms with Crippen LogP contribution in [0.1, 0.15) is 25.1 Å². The summed E-state index contributed by atoms with van der Waals surface area (Å²) in [5, 5.41) is 9.35. The van der Waals surface area contributed by atoms with Gasteiger partial charge in [0.15, 0.2) is 5.78 Å². The maximum atomic E-state index is 12.5. The van der Waals surface area contributed by atoms with Gasteiger partial charge >= 0.3 is 6.18 Å². The molecule has 0 unspecified atom stereocenters. The van der Waals surface area contributed by atoms with E-state index < -0.39 is 11.7 Å². The Hall–Kier alpha value is -4.13. The molecule has 0 atom stereocenters. The molecule has 5 rings (SSSR count). The van der Waals surface area contributed by atoms with Crippen molar-refractivity contribution in [1.82, 2.24) is 9.97 Å². The Morgan fingerprint density at radius 3 is 2.05 bits per heavy atom. The molecule has 1 N–H and O–H groups in total. The molecule has 0 spiro atoms. The number of fused-ring (bicyclic) bond motifs is 1. The average Bonchev–Trinajstić information content (AvgIpc) is 2.93. The average molecular weight is 733 g/mol. The number of alkyl halides is 3. The van der Waals surface area contributed by atoms with Crippen LogP contribution in [0.4, 0.5) is 13.2 Å². The van der Waals surface area contributed by atoms with Crippen molar-refractivity contribution in [2.75, 3.05) is 0 Å². The van der Waals surface area contributed by atoms with Gasteiger partial charge in [-0.2, -0.15) is 13.2 Å². The SMILES string of the molecule is CC(=O)/C=C(/C)O.Cc1cccc(-c2[c-]cccc2)n1.FC(F)(F)c1c[c-]c(-c2ccc3ccccc3n2)cc1.[Ir]. The molecule has 0 amide bonds. The molecule has 213 valence electrons. The number of aryl methyl sites for hydroxylation is 1. The van der Waals surface area contributed by atoms with Crippen LogP contribution in [0.15, 0.2) is 109 Å². The van der Waals surface area contributed by atoms with E-state index in [9.17, 15) is 18.0 Å². The maximum Gasteiger partial charge on any atom is 0.381 e. The van der Waals surface area contributed by atoms with E-state index in [1.165, 1.54) is 26.0 Å². The van der Waals surface area contributed by atoms with Crippen molar-refractivity contribution in [3.63, 3.8) is 0 Å². The molecule has 5 aromatic rings. The van der Waals surface area contributed by atoms with Crippen LogP contribution >= 0.6 is 0 Å². The van der Waals surface area contributed by atoms with Gasteiger partial charge in [-0.15, -0.1) is 65.7 Å². The summed E-state index contributed by atoms with van der Waals surface area (Å²) in [5.74, 6) is -0.0625. The van der Waals surface area contributed by atoms with Crippen LogP contribution in [0.2, 0.25) is 0 Å². The standard InChI is InChI=1S/C16H9F3N.C12H10N.C5H8O2.Ir/c17-16(18,19)13-8-5-12(6-9-13)15-10-7-11-3-1-2-4-14(11)20-15;1-10-6-5-9-12(13-10)11-7-3-2-4-8-11;1-4(6)3-5(2)7;/h1-5,7-10H;2-7,9H,1H3;3,6H,1-2H3;/q2*-1;;/b;;4-3-;. The van der Waals surface area contributed by atoms with E-state index in [-0.39, 0.29) is 31.6 Å². The van der Waals surface area contributed by atoms with Gasteiger partial charge in [0, 0.05) is 31.9 Å². The molecular weight excluding hydrogens is 706 g/mol. The molecular formula is C33H27F3IrN2O2-2. The Morgan fingerprint density at radius 1 is 0.805 bits per heavy atom. The number of carbonyl (C=O) groups is 1. The number of allylic oxidation sites excluding steroid dienone is 2. The molecule has 0 aliphatic carbocycles. The molecule has 1 radical (unpaired) electrons. The fourth-order valence-electron chi connectivity index (χ4n) is 3.52. The molecule has 0 bridgehead atoms. The Balaban J connectivity index is 0.000000241. The Kier molecular flexibility index (Phi) is 12.6. The van der Waals surface area contributed by atoms with Gasteiger partial charge in [0.2, 0.25) is 0 Å². The smallest absolute Gasteiger partial charge is 0.381 e. The van der Waals surface area contributed by atoms with Crippen LogP contribution in [0, 0.1) is 19.1 Å². The molecule has 2 aromatic heterocycles. The summed E-state index contributed by atoms with van der Waals surface area (Å²) in [7, 11) is 0. The third-order valence-corrected chi connectivity index (χ3v) is 5.30. The van der Waals surface area contributed by atoms with E-state index in [1.807, 2.05) is 79.7 Å². The molecule has 3 aromatic carbocycles. The number of carbonyl (C=O) groups excluding carboxylic acids is 1. The van der Waals surface area contributed by atoms with Crippen LogP contribution in [0.25, 0.3) is 33.4 Å². The third-order valence-electron chi connectivity index (χ3n) is 5.30. The molecule has 0 aliphatic rings. The number of para-hydroxylation sites is 1. The first-order chi connectivity index (χ1) is 19.0. The second kappa shape index (κ2) is 15.6. The van der Waals surface area contributed by atoms with Crippen molar-refractivity contribution in [3.05, 3.63) is 132 Å². The number of aromatic nitrogens is 2. The summed E-state index contributed by atoms with van der Waals surface area (Å²) in [6.45, 7) is 4.84. The molecule has 0 fully saturated rings. The molecule has 4 nitrogen and oxygen atoms in total. The van der Waals surface area contributed by atoms with Crippen molar-refractivity contribution >= 4 is 16.7 Å². The van der Waals surface area contributed by atoms with E-state index in [1.54, 1.807) is 6.07 Å². The second-order valence-corrected chi connectivity index (χ2v) is 8.71. The number of benzene rings is 3. The number of pyridine rings is 2. The fourth-order valence-corrected chi connectivity index (χ4v) is 3.52. The van der Waals surface area contributed by atoms with Crippen molar-refractivity contribution < 1.29 is 43.2 Å². The van der Waals surface area contributed by atoms with E-state index in [0.717, 1.165) is 40.0 Å². The molecule has 8 heteroatoms. The number of aliphatic hydroxyl groups is 1. The number of nitrogens with zero attached hydrogens (tertiary/aromatic N) is 2. The van der Waals surface area contributed by atoms with Crippen molar-refractivity contribution in [3.8, 4) is 22.5 Å². The van der Waals surface area contributed by atoms with Crippen LogP contribution in [-0.4, -0.2) is 20.9 Å². The number of rotatable bonds is 3. The summed E-state index contributed by atoms with van der Waals surface area (Å²) < 4.78 is 37.5. The van der Waals surface area contributed by atoms with Crippen molar-refractivity contribution in [2.24, 2.45) is 0 Å².